The van der Waals surface area contributed by atoms with Crippen LogP contribution < -0.4 is 10.6 Å². The molecule has 1 aliphatic carbocycles. The molecular weight excluding hydrogens is 292 g/mol. The predicted octanol–water partition coefficient (Wildman–Crippen LogP) is 2.60. The Morgan fingerprint density at radius 2 is 1.87 bits per heavy atom. The second-order valence-electron chi connectivity index (χ2n) is 7.51. The lowest BCUT2D eigenvalue weighted by Crippen LogP contribution is -2.45. The summed E-state index contributed by atoms with van der Waals surface area (Å²) in [4.78, 5) is 18.3. The highest BCUT2D eigenvalue weighted by Gasteiger charge is 2.34. The van der Waals surface area contributed by atoms with Crippen LogP contribution in [0.3, 0.4) is 0 Å². The number of aliphatic imine (C=N–C) groups is 1. The Hall–Kier alpha value is -1.46. The van der Waals surface area contributed by atoms with E-state index in [1.54, 1.807) is 7.05 Å². The lowest BCUT2D eigenvalue weighted by molar-refractivity contribution is 0.0238. The lowest BCUT2D eigenvalue weighted by Gasteiger charge is -2.27. The highest BCUT2D eigenvalue weighted by Crippen LogP contribution is 2.27. The summed E-state index contributed by atoms with van der Waals surface area (Å²) in [7, 11) is 1.76. The van der Waals surface area contributed by atoms with Crippen LogP contribution in [0.4, 0.5) is 4.79 Å². The predicted molar refractivity (Wildman–Crippen MR) is 94.8 cm³/mol. The first-order valence-electron chi connectivity index (χ1n) is 8.67. The molecule has 0 spiro atoms. The third-order valence-corrected chi connectivity index (χ3v) is 3.50. The van der Waals surface area contributed by atoms with Gasteiger partial charge in [0.05, 0.1) is 0 Å². The lowest BCUT2D eigenvalue weighted by atomic mass is 10.1. The molecule has 0 atom stereocenters. The Bertz CT molecular complexity index is 398. The Labute approximate surface area is 141 Å². The number of hydrogen-bond donors (Lipinski definition) is 2. The van der Waals surface area contributed by atoms with Crippen LogP contribution in [0.2, 0.25) is 0 Å². The Kier molecular flexibility index (Phi) is 7.65. The van der Waals surface area contributed by atoms with Gasteiger partial charge in [-0.05, 0) is 46.0 Å². The van der Waals surface area contributed by atoms with Crippen LogP contribution in [-0.2, 0) is 4.74 Å². The zero-order valence-corrected chi connectivity index (χ0v) is 15.6. The van der Waals surface area contributed by atoms with Crippen LogP contribution in [0, 0.1) is 5.92 Å². The zero-order valence-electron chi connectivity index (χ0n) is 15.6. The minimum atomic E-state index is -0.452. The van der Waals surface area contributed by atoms with E-state index in [1.807, 2.05) is 25.7 Å². The van der Waals surface area contributed by atoms with Crippen LogP contribution in [0.25, 0.3) is 0 Å². The van der Waals surface area contributed by atoms with E-state index in [9.17, 15) is 4.79 Å². The molecule has 1 rings (SSSR count). The van der Waals surface area contributed by atoms with Gasteiger partial charge in [0, 0.05) is 32.7 Å². The molecule has 0 saturated heterocycles. The molecule has 0 heterocycles. The number of guanidine groups is 1. The summed E-state index contributed by atoms with van der Waals surface area (Å²) in [5, 5.41) is 6.55. The Morgan fingerprint density at radius 1 is 1.26 bits per heavy atom. The van der Waals surface area contributed by atoms with Crippen molar-refractivity contribution in [1.29, 1.82) is 0 Å². The fourth-order valence-corrected chi connectivity index (χ4v) is 2.12. The van der Waals surface area contributed by atoms with Crippen LogP contribution in [-0.4, -0.2) is 55.3 Å². The minimum Gasteiger partial charge on any atom is -0.444 e. The molecule has 0 aromatic carbocycles. The summed E-state index contributed by atoms with van der Waals surface area (Å²) in [6.07, 6.45) is 3.03. The monoisotopic (exact) mass is 326 g/mol. The van der Waals surface area contributed by atoms with Crippen molar-refractivity contribution in [1.82, 2.24) is 15.5 Å². The molecule has 0 aromatic heterocycles. The number of ether oxygens (including phenoxy) is 1. The highest BCUT2D eigenvalue weighted by atomic mass is 16.6. The first kappa shape index (κ1) is 19.6. The maximum atomic E-state index is 12.3. The topological polar surface area (TPSA) is 66.0 Å². The van der Waals surface area contributed by atoms with Gasteiger partial charge in [-0.2, -0.15) is 0 Å². The van der Waals surface area contributed by atoms with Crippen molar-refractivity contribution in [3.05, 3.63) is 0 Å². The summed E-state index contributed by atoms with van der Waals surface area (Å²) in [5.41, 5.74) is -0.452. The van der Waals surface area contributed by atoms with Gasteiger partial charge in [0.15, 0.2) is 5.96 Å². The van der Waals surface area contributed by atoms with Crippen molar-refractivity contribution >= 4 is 12.1 Å². The Balaban J connectivity index is 2.36. The number of nitrogens with one attached hydrogen (secondary N) is 2. The average molecular weight is 326 g/mol. The van der Waals surface area contributed by atoms with Gasteiger partial charge in [0.2, 0.25) is 0 Å². The molecule has 1 fully saturated rings. The standard InChI is InChI=1S/C17H34N4O2/c1-13(2)9-10-19-15(18-6)20-11-12-21(14-7-8-14)16(22)23-17(3,4)5/h13-14H,7-12H2,1-6H3,(H2,18,19,20). The summed E-state index contributed by atoms with van der Waals surface area (Å²) in [6, 6.07) is 0.336. The molecule has 6 heteroatoms. The van der Waals surface area contributed by atoms with Crippen molar-refractivity contribution in [2.24, 2.45) is 10.9 Å². The normalized spacial score (nSPS) is 15.5. The summed E-state index contributed by atoms with van der Waals surface area (Å²) < 4.78 is 5.49. The average Bonchev–Trinajstić information content (AvgIpc) is 3.23. The van der Waals surface area contributed by atoms with Gasteiger partial charge in [-0.25, -0.2) is 4.79 Å². The summed E-state index contributed by atoms with van der Waals surface area (Å²) >= 11 is 0. The molecule has 1 aliphatic rings. The largest absolute Gasteiger partial charge is 0.444 e. The van der Waals surface area contributed by atoms with E-state index < -0.39 is 5.60 Å². The molecule has 0 aromatic rings. The fraction of sp³-hybridized carbons (Fsp3) is 0.882. The van der Waals surface area contributed by atoms with Crippen molar-refractivity contribution in [2.45, 2.75) is 65.5 Å². The minimum absolute atomic E-state index is 0.218. The maximum Gasteiger partial charge on any atom is 0.410 e. The van der Waals surface area contributed by atoms with Gasteiger partial charge < -0.3 is 20.3 Å². The van der Waals surface area contributed by atoms with E-state index in [0.29, 0.717) is 25.0 Å². The number of carbonyl (C=O) groups excluding carboxylic acids is 1. The third kappa shape index (κ3) is 8.67. The van der Waals surface area contributed by atoms with Gasteiger partial charge in [-0.3, -0.25) is 4.99 Å². The van der Waals surface area contributed by atoms with Crippen LogP contribution in [0.15, 0.2) is 4.99 Å². The number of carbonyl (C=O) groups is 1. The molecule has 23 heavy (non-hydrogen) atoms. The van der Waals surface area contributed by atoms with Gasteiger partial charge >= 0.3 is 6.09 Å². The smallest absolute Gasteiger partial charge is 0.410 e. The maximum absolute atomic E-state index is 12.3. The van der Waals surface area contributed by atoms with Crippen molar-refractivity contribution in [3.63, 3.8) is 0 Å². The van der Waals surface area contributed by atoms with Crippen molar-refractivity contribution < 1.29 is 9.53 Å². The molecule has 2 N–H and O–H groups in total. The SMILES string of the molecule is CN=C(NCCC(C)C)NCCN(C(=O)OC(C)(C)C)C1CC1. The van der Waals surface area contributed by atoms with E-state index in [2.05, 4.69) is 29.5 Å². The molecule has 1 saturated carbocycles. The van der Waals surface area contributed by atoms with Crippen LogP contribution in [0.1, 0.15) is 53.9 Å². The molecule has 0 radical (unpaired) electrons. The molecule has 1 amide bonds. The van der Waals surface area contributed by atoms with Gasteiger partial charge in [-0.1, -0.05) is 13.8 Å². The first-order valence-corrected chi connectivity index (χ1v) is 8.67. The number of amides is 1. The quantitative estimate of drug-likeness (QED) is 0.557. The third-order valence-electron chi connectivity index (χ3n) is 3.50. The highest BCUT2D eigenvalue weighted by molar-refractivity contribution is 5.79. The number of hydrogen-bond acceptors (Lipinski definition) is 3. The molecule has 6 nitrogen and oxygen atoms in total. The second kappa shape index (κ2) is 8.99. The second-order valence-corrected chi connectivity index (χ2v) is 7.51. The van der Waals surface area contributed by atoms with E-state index in [4.69, 9.17) is 4.74 Å². The van der Waals surface area contributed by atoms with Gasteiger partial charge in [0.1, 0.15) is 5.60 Å². The van der Waals surface area contributed by atoms with Gasteiger partial charge in [0.25, 0.3) is 0 Å². The summed E-state index contributed by atoms with van der Waals surface area (Å²) in [5.74, 6) is 1.45. The molecule has 0 bridgehead atoms. The zero-order chi connectivity index (χ0) is 17.5. The molecule has 0 unspecified atom stereocenters. The molecular formula is C17H34N4O2. The first-order chi connectivity index (χ1) is 10.7. The van der Waals surface area contributed by atoms with E-state index in [-0.39, 0.29) is 6.09 Å². The van der Waals surface area contributed by atoms with Crippen LogP contribution in [0.5, 0.6) is 0 Å². The Morgan fingerprint density at radius 3 is 2.35 bits per heavy atom. The molecule has 134 valence electrons. The number of nitrogens with zero attached hydrogens (tertiary/aromatic N) is 2. The van der Waals surface area contributed by atoms with E-state index in [0.717, 1.165) is 31.8 Å². The van der Waals surface area contributed by atoms with E-state index in [1.165, 1.54) is 0 Å². The van der Waals surface area contributed by atoms with Crippen LogP contribution >= 0.6 is 0 Å². The van der Waals surface area contributed by atoms with Gasteiger partial charge in [-0.15, -0.1) is 0 Å². The number of rotatable bonds is 7. The van der Waals surface area contributed by atoms with Crippen molar-refractivity contribution in [3.8, 4) is 0 Å². The summed E-state index contributed by atoms with van der Waals surface area (Å²) in [6.45, 7) is 12.3. The van der Waals surface area contributed by atoms with Crippen molar-refractivity contribution in [2.75, 3.05) is 26.7 Å². The van der Waals surface area contributed by atoms with E-state index >= 15 is 0 Å². The molecule has 0 aliphatic heterocycles. The fourth-order valence-electron chi connectivity index (χ4n) is 2.12.